The summed E-state index contributed by atoms with van der Waals surface area (Å²) in [6.45, 7) is 2.63. The minimum absolute atomic E-state index is 0.0248. The van der Waals surface area contributed by atoms with Gasteiger partial charge in [0, 0.05) is 29.8 Å². The number of hydrogen-bond donors (Lipinski definition) is 2. The van der Waals surface area contributed by atoms with Crippen molar-refractivity contribution in [1.82, 2.24) is 5.32 Å². The third kappa shape index (κ3) is 3.51. The van der Waals surface area contributed by atoms with Crippen LogP contribution in [0.25, 0.3) is 0 Å². The number of aryl methyl sites for hydroxylation is 1. The Balaban J connectivity index is 2.00. The van der Waals surface area contributed by atoms with Gasteiger partial charge in [-0.05, 0) is 32.4 Å². The van der Waals surface area contributed by atoms with Gasteiger partial charge in [0.1, 0.15) is 0 Å². The van der Waals surface area contributed by atoms with Crippen LogP contribution in [-0.2, 0) is 4.79 Å². The van der Waals surface area contributed by atoms with Crippen molar-refractivity contribution in [2.75, 3.05) is 11.9 Å². The molecule has 1 saturated heterocycles. The van der Waals surface area contributed by atoms with Crippen LogP contribution in [0, 0.1) is 17.0 Å². The lowest BCUT2D eigenvalue weighted by Crippen LogP contribution is -2.27. The van der Waals surface area contributed by atoms with E-state index in [1.165, 1.54) is 6.07 Å². The Morgan fingerprint density at radius 1 is 1.58 bits per heavy atom. The van der Waals surface area contributed by atoms with Gasteiger partial charge in [0.2, 0.25) is 5.91 Å². The molecular formula is C13H17N3O3. The molecule has 1 atom stereocenters. The lowest BCUT2D eigenvalue weighted by molar-refractivity contribution is -0.385. The molecule has 0 saturated carbocycles. The third-order valence-corrected chi connectivity index (χ3v) is 3.28. The van der Waals surface area contributed by atoms with E-state index in [9.17, 15) is 14.9 Å². The Hall–Kier alpha value is -1.95. The molecule has 1 amide bonds. The maximum absolute atomic E-state index is 11.8. The van der Waals surface area contributed by atoms with Crippen LogP contribution >= 0.6 is 0 Å². The molecule has 1 aromatic carbocycles. The highest BCUT2D eigenvalue weighted by atomic mass is 16.6. The Labute approximate surface area is 111 Å². The van der Waals surface area contributed by atoms with Gasteiger partial charge >= 0.3 is 0 Å². The summed E-state index contributed by atoms with van der Waals surface area (Å²) >= 11 is 0. The first kappa shape index (κ1) is 13.5. The summed E-state index contributed by atoms with van der Waals surface area (Å²) < 4.78 is 0. The summed E-state index contributed by atoms with van der Waals surface area (Å²) in [5, 5.41) is 16.8. The fourth-order valence-corrected chi connectivity index (χ4v) is 2.25. The number of nitrogens with one attached hydrogen (secondary N) is 2. The van der Waals surface area contributed by atoms with Crippen LogP contribution in [0.3, 0.4) is 0 Å². The molecular weight excluding hydrogens is 246 g/mol. The van der Waals surface area contributed by atoms with Crippen molar-refractivity contribution in [1.29, 1.82) is 0 Å². The first-order valence-corrected chi connectivity index (χ1v) is 6.34. The predicted octanol–water partition coefficient (Wildman–Crippen LogP) is 1.98. The van der Waals surface area contributed by atoms with Gasteiger partial charge in [0.25, 0.3) is 5.69 Å². The fourth-order valence-electron chi connectivity index (χ4n) is 2.25. The number of nitro groups is 1. The zero-order chi connectivity index (χ0) is 13.8. The van der Waals surface area contributed by atoms with Crippen LogP contribution in [0.5, 0.6) is 0 Å². The van der Waals surface area contributed by atoms with Gasteiger partial charge in [0.05, 0.1) is 4.92 Å². The van der Waals surface area contributed by atoms with Crippen molar-refractivity contribution in [3.8, 4) is 0 Å². The highest BCUT2D eigenvalue weighted by Crippen LogP contribution is 2.22. The van der Waals surface area contributed by atoms with Gasteiger partial charge in [-0.1, -0.05) is 6.07 Å². The first-order valence-electron chi connectivity index (χ1n) is 6.34. The van der Waals surface area contributed by atoms with Crippen LogP contribution in [0.1, 0.15) is 24.8 Å². The third-order valence-electron chi connectivity index (χ3n) is 3.28. The highest BCUT2D eigenvalue weighted by Gasteiger charge is 2.18. The van der Waals surface area contributed by atoms with E-state index in [1.54, 1.807) is 19.1 Å². The zero-order valence-corrected chi connectivity index (χ0v) is 10.8. The van der Waals surface area contributed by atoms with Crippen molar-refractivity contribution < 1.29 is 9.72 Å². The average Bonchev–Trinajstić information content (AvgIpc) is 2.84. The monoisotopic (exact) mass is 263 g/mol. The summed E-state index contributed by atoms with van der Waals surface area (Å²) in [5.74, 6) is -0.113. The van der Waals surface area contributed by atoms with E-state index in [1.807, 2.05) is 0 Å². The molecule has 6 nitrogen and oxygen atoms in total. The Kier molecular flexibility index (Phi) is 4.11. The minimum atomic E-state index is -0.441. The van der Waals surface area contributed by atoms with Crippen LogP contribution in [0.4, 0.5) is 11.4 Å². The molecule has 1 unspecified atom stereocenters. The van der Waals surface area contributed by atoms with E-state index in [4.69, 9.17) is 0 Å². The van der Waals surface area contributed by atoms with E-state index < -0.39 is 4.92 Å². The molecule has 1 fully saturated rings. The predicted molar refractivity (Wildman–Crippen MR) is 72.1 cm³/mol. The van der Waals surface area contributed by atoms with Crippen molar-refractivity contribution in [2.24, 2.45) is 0 Å². The van der Waals surface area contributed by atoms with E-state index in [0.29, 0.717) is 17.7 Å². The number of hydrogen-bond acceptors (Lipinski definition) is 4. The van der Waals surface area contributed by atoms with Gasteiger partial charge in [-0.25, -0.2) is 0 Å². The van der Waals surface area contributed by atoms with Gasteiger partial charge in [-0.15, -0.1) is 0 Å². The summed E-state index contributed by atoms with van der Waals surface area (Å²) in [6.07, 6.45) is 2.50. The number of amides is 1. The highest BCUT2D eigenvalue weighted by molar-refractivity contribution is 5.91. The number of rotatable bonds is 4. The summed E-state index contributed by atoms with van der Waals surface area (Å²) in [6, 6.07) is 4.94. The molecule has 0 bridgehead atoms. The Morgan fingerprint density at radius 3 is 3.00 bits per heavy atom. The normalized spacial score (nSPS) is 18.3. The number of benzene rings is 1. The molecule has 1 aliphatic heterocycles. The van der Waals surface area contributed by atoms with E-state index >= 15 is 0 Å². The van der Waals surface area contributed by atoms with Gasteiger partial charge in [-0.2, -0.15) is 0 Å². The van der Waals surface area contributed by atoms with E-state index in [2.05, 4.69) is 10.6 Å². The summed E-state index contributed by atoms with van der Waals surface area (Å²) in [5.41, 5.74) is 1.08. The van der Waals surface area contributed by atoms with Crippen LogP contribution in [-0.4, -0.2) is 23.4 Å². The zero-order valence-electron chi connectivity index (χ0n) is 10.8. The van der Waals surface area contributed by atoms with Gasteiger partial charge < -0.3 is 10.6 Å². The molecule has 0 radical (unpaired) electrons. The van der Waals surface area contributed by atoms with Crippen LogP contribution < -0.4 is 10.6 Å². The second-order valence-electron chi connectivity index (χ2n) is 4.80. The first-order chi connectivity index (χ1) is 9.06. The second-order valence-corrected chi connectivity index (χ2v) is 4.80. The van der Waals surface area contributed by atoms with Crippen molar-refractivity contribution in [3.05, 3.63) is 33.9 Å². The van der Waals surface area contributed by atoms with E-state index in [-0.39, 0.29) is 17.6 Å². The van der Waals surface area contributed by atoms with Gasteiger partial charge in [0.15, 0.2) is 0 Å². The lowest BCUT2D eigenvalue weighted by Gasteiger charge is -2.10. The van der Waals surface area contributed by atoms with Crippen molar-refractivity contribution in [3.63, 3.8) is 0 Å². The second kappa shape index (κ2) is 5.79. The van der Waals surface area contributed by atoms with Crippen molar-refractivity contribution in [2.45, 2.75) is 32.2 Å². The van der Waals surface area contributed by atoms with Gasteiger partial charge in [-0.3, -0.25) is 14.9 Å². The molecule has 0 aliphatic carbocycles. The molecule has 1 aliphatic rings. The smallest absolute Gasteiger partial charge is 0.274 e. The molecule has 0 spiro atoms. The Morgan fingerprint density at radius 2 is 2.37 bits per heavy atom. The molecule has 0 aromatic heterocycles. The number of carbonyl (C=O) groups is 1. The lowest BCUT2D eigenvalue weighted by atomic mass is 10.1. The SMILES string of the molecule is Cc1ccc(NC(=O)CC2CCCN2)cc1[N+](=O)[O-]. The molecule has 19 heavy (non-hydrogen) atoms. The van der Waals surface area contributed by atoms with E-state index in [0.717, 1.165) is 19.4 Å². The molecule has 1 aromatic rings. The molecule has 2 N–H and O–H groups in total. The molecule has 1 heterocycles. The van der Waals surface area contributed by atoms with Crippen LogP contribution in [0.2, 0.25) is 0 Å². The average molecular weight is 263 g/mol. The topological polar surface area (TPSA) is 84.3 Å². The standard InChI is InChI=1S/C13H17N3O3/c1-9-4-5-11(7-12(9)16(18)19)15-13(17)8-10-3-2-6-14-10/h4-5,7,10,14H,2-3,6,8H2,1H3,(H,15,17). The number of carbonyl (C=O) groups excluding carboxylic acids is 1. The number of nitrogens with zero attached hydrogens (tertiary/aromatic N) is 1. The largest absolute Gasteiger partial charge is 0.326 e. The van der Waals surface area contributed by atoms with Crippen molar-refractivity contribution >= 4 is 17.3 Å². The molecule has 2 rings (SSSR count). The fraction of sp³-hybridized carbons (Fsp3) is 0.462. The quantitative estimate of drug-likeness (QED) is 0.642. The molecule has 6 heteroatoms. The van der Waals surface area contributed by atoms with Crippen LogP contribution in [0.15, 0.2) is 18.2 Å². The number of nitro benzene ring substituents is 1. The maximum Gasteiger partial charge on any atom is 0.274 e. The minimum Gasteiger partial charge on any atom is -0.326 e. The summed E-state index contributed by atoms with van der Waals surface area (Å²) in [7, 11) is 0. The summed E-state index contributed by atoms with van der Waals surface area (Å²) in [4.78, 5) is 22.2. The number of anilines is 1. The maximum atomic E-state index is 11.8. The molecule has 102 valence electrons. The Bertz CT molecular complexity index is 496.